The minimum Gasteiger partial charge on any atom is 4.00 e. The fraction of sp³-hybridized carbons (Fsp3) is 0. The molecule has 16 nitrogen and oxygen atoms in total. The Labute approximate surface area is 139 Å². The molecule has 131 valence electrons. The molecule has 0 aliphatic carbocycles. The molecule has 0 bridgehead atoms. The first kappa shape index (κ1) is 33.4. The van der Waals surface area contributed by atoms with Crippen molar-refractivity contribution in [1.29, 1.82) is 0 Å². The van der Waals surface area contributed by atoms with Crippen molar-refractivity contribution in [3.8, 4) is 0 Å². The largest absolute Gasteiger partial charge is 4.00 e. The van der Waals surface area contributed by atoms with E-state index in [2.05, 4.69) is 0 Å². The van der Waals surface area contributed by atoms with Gasteiger partial charge in [0.15, 0.2) is 0 Å². The maximum absolute atomic E-state index is 8.64. The van der Waals surface area contributed by atoms with Gasteiger partial charge in [0.25, 0.3) is 0 Å². The van der Waals surface area contributed by atoms with Gasteiger partial charge in [-0.05, 0) is 0 Å². The summed E-state index contributed by atoms with van der Waals surface area (Å²) in [6, 6.07) is 0. The van der Waals surface area contributed by atoms with E-state index in [9.17, 15) is 0 Å². The Hall–Kier alpha value is 0.752. The summed E-state index contributed by atoms with van der Waals surface area (Å²) in [5.41, 5.74) is 0. The quantitative estimate of drug-likeness (QED) is 0.218. The molecule has 0 spiro atoms. The molecule has 0 rings (SSSR count). The Kier molecular flexibility index (Phi) is 21.0. The second-order valence-electron chi connectivity index (χ2n) is 1.51. The normalized spacial score (nSPS) is 10.9. The predicted molar refractivity (Wildman–Crippen MR) is 8.24 cm³/mol. The Morgan fingerprint density at radius 3 is 0.333 bits per heavy atom. The molecule has 0 aromatic rings. The van der Waals surface area contributed by atoms with Crippen LogP contribution in [0.5, 0.6) is 0 Å². The van der Waals surface area contributed by atoms with Crippen LogP contribution in [0.15, 0.2) is 0 Å². The van der Waals surface area contributed by atoms with Gasteiger partial charge in [0.2, 0.25) is 0 Å². The second kappa shape index (κ2) is 13.2. The van der Waals surface area contributed by atoms with Crippen LogP contribution in [0.25, 0.3) is 0 Å². The van der Waals surface area contributed by atoms with Crippen molar-refractivity contribution in [3.05, 3.63) is 0 Å². The fourth-order valence-electron chi connectivity index (χ4n) is 0. The van der Waals surface area contributed by atoms with Crippen LogP contribution in [0.2, 0.25) is 0 Å². The van der Waals surface area contributed by atoms with E-state index in [1.165, 1.54) is 0 Å². The molecule has 0 unspecified atom stereocenters. The summed E-state index contributed by atoms with van der Waals surface area (Å²) in [6.07, 6.45) is 0. The van der Waals surface area contributed by atoms with Crippen molar-refractivity contribution in [1.82, 2.24) is 0 Å². The molecule has 0 fully saturated rings. The van der Waals surface area contributed by atoms with E-state index < -0.39 is 63.1 Å². The maximum Gasteiger partial charge on any atom is 4.00 e. The second-order valence-corrected chi connectivity index (χ2v) is 12.4. The first-order chi connectivity index (χ1) is 8.00. The average molecular weight is 1190 g/mol. The van der Waals surface area contributed by atoms with Crippen LogP contribution in [0.4, 0.5) is 0 Å². The number of hydrogen-bond donors (Lipinski definition) is 0. The molecule has 0 heterocycles. The predicted octanol–water partition coefficient (Wildman–Crippen LogP) is -6.19. The molecule has 0 saturated carbocycles. The summed E-state index contributed by atoms with van der Waals surface area (Å²) in [6.45, 7) is 0. The molecular formula is O16Re5. The van der Waals surface area contributed by atoms with E-state index in [4.69, 9.17) is 56.9 Å². The molecule has 0 amide bonds. The Bertz CT molecular complexity index is 669. The molecule has 0 aromatic heterocycles. The zero-order chi connectivity index (χ0) is 18.0. The van der Waals surface area contributed by atoms with Crippen LogP contribution in [-0.2, 0) is 125 Å². The van der Waals surface area contributed by atoms with Crippen molar-refractivity contribution in [2.45, 2.75) is 0 Å². The third-order valence-electron chi connectivity index (χ3n) is 0. The molecule has 0 aliphatic rings. The van der Waals surface area contributed by atoms with Crippen LogP contribution in [0, 0.1) is 0 Å². The van der Waals surface area contributed by atoms with Gasteiger partial charge in [0, 0.05) is 0 Å². The van der Waals surface area contributed by atoms with Crippen molar-refractivity contribution < 1.29 is 141 Å². The summed E-state index contributed by atoms with van der Waals surface area (Å²) >= 11 is -24.4. The molecule has 1 radical (unpaired) electrons. The van der Waals surface area contributed by atoms with Gasteiger partial charge in [-0.3, -0.25) is 0 Å². The summed E-state index contributed by atoms with van der Waals surface area (Å²) in [7, 11) is 0. The van der Waals surface area contributed by atoms with E-state index in [-0.39, 0.29) is 20.4 Å². The molecular weight excluding hydrogens is 1190 g/mol. The minimum absolute atomic E-state index is 0. The first-order valence-electron chi connectivity index (χ1n) is 2.47. The van der Waals surface area contributed by atoms with Crippen LogP contribution in [-0.4, -0.2) is 0 Å². The van der Waals surface area contributed by atoms with Gasteiger partial charge in [-0.1, -0.05) is 0 Å². The van der Waals surface area contributed by atoms with E-state index >= 15 is 0 Å². The van der Waals surface area contributed by atoms with Crippen LogP contribution in [0.3, 0.4) is 0 Å². The van der Waals surface area contributed by atoms with Gasteiger partial charge in [-0.25, -0.2) is 0 Å². The SMILES string of the molecule is [O]=[Re](=[O])(=[O])[O-].[O]=[Re](=[O])(=[O])[O-].[O]=[Re](=[O])(=[O])[O-].[O]=[Re](=[O])(=[O])[O-].[Re+4]. The molecule has 21 heteroatoms. The zero-order valence-electron chi connectivity index (χ0n) is 8.42. The van der Waals surface area contributed by atoms with Gasteiger partial charge in [0.1, 0.15) is 0 Å². The van der Waals surface area contributed by atoms with E-state index in [0.29, 0.717) is 0 Å². The fourth-order valence-corrected chi connectivity index (χ4v) is 0. The first-order valence-corrected chi connectivity index (χ1v) is 20.2. The Morgan fingerprint density at radius 1 is 0.333 bits per heavy atom. The Balaban J connectivity index is -0.0000000533. The van der Waals surface area contributed by atoms with E-state index in [0.717, 1.165) is 0 Å². The third-order valence-corrected chi connectivity index (χ3v) is 0. The third kappa shape index (κ3) is 12900. The molecule has 0 N–H and O–H groups in total. The van der Waals surface area contributed by atoms with Crippen LogP contribution < -0.4 is 15.3 Å². The van der Waals surface area contributed by atoms with Gasteiger partial charge in [-0.15, -0.1) is 0 Å². The molecule has 0 saturated heterocycles. The van der Waals surface area contributed by atoms with Crippen molar-refractivity contribution in [3.63, 3.8) is 0 Å². The zero-order valence-corrected chi connectivity index (χ0v) is 22.0. The van der Waals surface area contributed by atoms with Crippen LogP contribution >= 0.6 is 0 Å². The summed E-state index contributed by atoms with van der Waals surface area (Å²) in [5.74, 6) is 0. The molecule has 0 aromatic carbocycles. The van der Waals surface area contributed by atoms with E-state index in [1.54, 1.807) is 0 Å². The van der Waals surface area contributed by atoms with Crippen molar-refractivity contribution >= 4 is 0 Å². The monoisotopic (exact) mass is 1190 g/mol. The number of hydrogen-bond acceptors (Lipinski definition) is 16. The smallest absolute Gasteiger partial charge is 4.00 e. The van der Waals surface area contributed by atoms with E-state index in [1.807, 2.05) is 0 Å². The minimum atomic E-state index is -6.11. The maximum atomic E-state index is 8.64. The molecule has 0 aliphatic heterocycles. The summed E-state index contributed by atoms with van der Waals surface area (Å²) in [5, 5.41) is 0. The summed E-state index contributed by atoms with van der Waals surface area (Å²) in [4.78, 5) is 0. The van der Waals surface area contributed by atoms with Gasteiger partial charge < -0.3 is 0 Å². The number of rotatable bonds is 0. The molecule has 0 atom stereocenters. The van der Waals surface area contributed by atoms with Gasteiger partial charge >= 0.3 is 141 Å². The Morgan fingerprint density at radius 2 is 0.333 bits per heavy atom. The summed E-state index contributed by atoms with van der Waals surface area (Å²) < 4.78 is 138. The molecule has 21 heavy (non-hydrogen) atoms. The topological polar surface area (TPSA) is 297 Å². The average Bonchev–Trinajstić information content (AvgIpc) is 1.62. The van der Waals surface area contributed by atoms with Gasteiger partial charge in [0.05, 0.1) is 0 Å². The van der Waals surface area contributed by atoms with Gasteiger partial charge in [-0.2, -0.15) is 0 Å². The van der Waals surface area contributed by atoms with Crippen LogP contribution in [0.1, 0.15) is 0 Å². The van der Waals surface area contributed by atoms with Crippen molar-refractivity contribution in [2.75, 3.05) is 0 Å². The van der Waals surface area contributed by atoms with Crippen molar-refractivity contribution in [2.24, 2.45) is 0 Å². The standard InChI is InChI=1S/16O.5Re/q;;;;;;;;;;;;4*-1;;;;;+4.